The smallest absolute Gasteiger partial charge is 0.418 e. The first-order chi connectivity index (χ1) is 39.8. The summed E-state index contributed by atoms with van der Waals surface area (Å²) in [6.45, 7) is 9.05. The zero-order chi connectivity index (χ0) is 65.6. The molecule has 0 aliphatic heterocycles. The molecule has 0 fully saturated rings. The van der Waals surface area contributed by atoms with Gasteiger partial charge in [0.1, 0.15) is 34.9 Å². The molecule has 0 amide bonds. The van der Waals surface area contributed by atoms with E-state index in [9.17, 15) is 104 Å². The number of nitrogens with zero attached hydrogens (tertiary/aromatic N) is 14. The molecule has 20 nitrogen and oxygen atoms in total. The number of H-pyrrole nitrogens is 6. The Labute approximate surface area is 635 Å². The van der Waals surface area contributed by atoms with E-state index in [1.54, 1.807) is 112 Å². The minimum Gasteiger partial charge on any atom is -0.418 e. The topological polar surface area (TPSA) is 253 Å². The number of aliphatic imine (C=N–C) groups is 6. The zero-order valence-corrected chi connectivity index (χ0v) is 61.1. The molecule has 0 bridgehead atoms. The SMILES string of the molecule is C(=NCCN(CCN=Cc1ncc[nH]1)CCN=Cc1ncc[nH]1)c1ncc[nH]1.C(=NCCN(CCN=Cc1ncc[nH]1)CCN=Cc1ncc[nH]1)c1ncc[nH]1.F[B-](F)(F)F.F[B-](F)(F)F.F[B-](F)(F)F.F[B-](F)(F)F.F[B-](F)(F)F.F[B-](F)(F)F.[Cs+].[Cs+].[Fe+2].[Fe+2]. The maximum atomic E-state index is 9.75. The van der Waals surface area contributed by atoms with Gasteiger partial charge in [0.05, 0.1) is 76.6 Å². The van der Waals surface area contributed by atoms with Crippen LogP contribution in [0.3, 0.4) is 0 Å². The molecular formula is C36H48B6Cs2F24Fe2N20. The third-order valence-electron chi connectivity index (χ3n) is 7.67. The third kappa shape index (κ3) is 91.5. The van der Waals surface area contributed by atoms with Crippen LogP contribution in [0.25, 0.3) is 0 Å². The molecule has 0 aliphatic carbocycles. The summed E-state index contributed by atoms with van der Waals surface area (Å²) in [4.78, 5) is 73.9. The molecule has 6 aromatic rings. The fourth-order valence-electron chi connectivity index (χ4n) is 4.86. The van der Waals surface area contributed by atoms with Crippen LogP contribution in [0.4, 0.5) is 104 Å². The van der Waals surface area contributed by atoms with E-state index in [0.29, 0.717) is 39.3 Å². The molecule has 0 unspecified atom stereocenters. The molecule has 6 N–H and O–H groups in total. The molecule has 496 valence electrons. The van der Waals surface area contributed by atoms with Crippen LogP contribution in [0.15, 0.2) is 104 Å². The summed E-state index contributed by atoms with van der Waals surface area (Å²) < 4.78 is 234. The standard InChI is InChI=1S/2C18H24N10.6BF4.2Cs.2Fe/c2*1-2-23-16(22-1)13-19-7-10-28(11-8-20-14-17-24-3-4-25-17)12-9-21-15-18-26-5-6-27-18;6*2-1(3,4)5;;;;/h2*1-6,13-15H,7-12H2,(H,22,23)(H,24,25)(H,26,27);;;;;;;;;;/q;;6*-1;2*+1;2*+2. The number of imidazole rings is 6. The maximum Gasteiger partial charge on any atom is 2.00 e. The molecule has 0 aliphatic rings. The van der Waals surface area contributed by atoms with Gasteiger partial charge in [0.2, 0.25) is 0 Å². The van der Waals surface area contributed by atoms with Crippen molar-refractivity contribution in [2.75, 3.05) is 78.5 Å². The largest absolute Gasteiger partial charge is 2.00 e. The van der Waals surface area contributed by atoms with Crippen LogP contribution in [-0.4, -0.2) is 229 Å². The van der Waals surface area contributed by atoms with Crippen molar-refractivity contribution in [3.8, 4) is 0 Å². The van der Waals surface area contributed by atoms with Crippen molar-refractivity contribution in [1.29, 1.82) is 0 Å². The zero-order valence-electron chi connectivity index (χ0n) is 46.4. The molecule has 6 rings (SSSR count). The molecule has 0 radical (unpaired) electrons. The fourth-order valence-corrected chi connectivity index (χ4v) is 4.86. The van der Waals surface area contributed by atoms with Crippen LogP contribution in [0, 0.1) is 0 Å². The molecular weight excluding hydrogens is 1610 g/mol. The van der Waals surface area contributed by atoms with E-state index in [2.05, 4.69) is 99.6 Å². The van der Waals surface area contributed by atoms with Crippen molar-refractivity contribution in [2.24, 2.45) is 30.0 Å². The van der Waals surface area contributed by atoms with Crippen LogP contribution in [-0.2, 0) is 34.1 Å². The van der Waals surface area contributed by atoms with E-state index in [4.69, 9.17) is 0 Å². The normalized spacial score (nSPS) is 11.7. The predicted molar refractivity (Wildman–Crippen MR) is 280 cm³/mol. The van der Waals surface area contributed by atoms with Gasteiger partial charge in [0, 0.05) is 114 Å². The van der Waals surface area contributed by atoms with Crippen LogP contribution >= 0.6 is 0 Å². The van der Waals surface area contributed by atoms with Crippen LogP contribution in [0.1, 0.15) is 34.9 Å². The third-order valence-corrected chi connectivity index (χ3v) is 7.67. The summed E-state index contributed by atoms with van der Waals surface area (Å²) in [5.41, 5.74) is 0. The quantitative estimate of drug-likeness (QED) is 0.0297. The van der Waals surface area contributed by atoms with E-state index < -0.39 is 43.5 Å². The number of halogens is 24. The summed E-state index contributed by atoms with van der Waals surface area (Å²) in [5.74, 6) is 4.57. The number of rotatable bonds is 24. The molecule has 90 heavy (non-hydrogen) atoms. The fraction of sp³-hybridized carbons (Fsp3) is 0.333. The number of aromatic nitrogens is 12. The second-order valence-corrected chi connectivity index (χ2v) is 14.7. The van der Waals surface area contributed by atoms with Crippen molar-refractivity contribution in [3.63, 3.8) is 0 Å². The van der Waals surface area contributed by atoms with E-state index in [0.717, 1.165) is 74.2 Å². The first-order valence-electron chi connectivity index (χ1n) is 23.4. The van der Waals surface area contributed by atoms with Crippen LogP contribution in [0.2, 0.25) is 0 Å². The molecule has 0 atom stereocenters. The van der Waals surface area contributed by atoms with Gasteiger partial charge in [-0.2, -0.15) is 0 Å². The maximum absolute atomic E-state index is 9.75. The first kappa shape index (κ1) is 98.1. The van der Waals surface area contributed by atoms with Crippen molar-refractivity contribution < 1.29 is 276 Å². The van der Waals surface area contributed by atoms with Gasteiger partial charge >= 0.3 is 215 Å². The molecule has 0 saturated heterocycles. The number of nitrogens with one attached hydrogen (secondary N) is 6. The first-order valence-corrected chi connectivity index (χ1v) is 23.4. The van der Waals surface area contributed by atoms with Gasteiger partial charge in [-0.3, -0.25) is 39.8 Å². The van der Waals surface area contributed by atoms with E-state index in [1.165, 1.54) is 0 Å². The van der Waals surface area contributed by atoms with Crippen molar-refractivity contribution in [2.45, 2.75) is 0 Å². The monoisotopic (exact) mass is 1660 g/mol. The van der Waals surface area contributed by atoms with Gasteiger partial charge in [-0.25, -0.2) is 29.9 Å². The molecule has 54 heteroatoms. The number of hydrogen-bond acceptors (Lipinski definition) is 14. The average molecular weight is 1660 g/mol. The Balaban J connectivity index is -0.000000263. The molecule has 0 spiro atoms. The van der Waals surface area contributed by atoms with Crippen LogP contribution < -0.4 is 138 Å². The summed E-state index contributed by atoms with van der Waals surface area (Å²) in [6.07, 6.45) is 31.5. The Hall–Kier alpha value is -2.95. The van der Waals surface area contributed by atoms with Gasteiger partial charge in [-0.15, -0.1) is 0 Å². The molecule has 6 aromatic heterocycles. The molecule has 6 heterocycles. The predicted octanol–water partition coefficient (Wildman–Crippen LogP) is 3.43. The van der Waals surface area contributed by atoms with E-state index in [1.807, 2.05) is 0 Å². The summed E-state index contributed by atoms with van der Waals surface area (Å²) in [5, 5.41) is 0. The van der Waals surface area contributed by atoms with Crippen molar-refractivity contribution in [3.05, 3.63) is 109 Å². The minimum atomic E-state index is -6.00. The Kier molecular flexibility index (Phi) is 61.5. The minimum absolute atomic E-state index is 0. The Morgan fingerprint density at radius 3 is 0.467 bits per heavy atom. The van der Waals surface area contributed by atoms with Gasteiger partial charge in [0.25, 0.3) is 0 Å². The van der Waals surface area contributed by atoms with Gasteiger partial charge < -0.3 is 133 Å². The second kappa shape index (κ2) is 56.4. The van der Waals surface area contributed by atoms with E-state index >= 15 is 0 Å². The van der Waals surface area contributed by atoms with E-state index in [-0.39, 0.29) is 172 Å². The van der Waals surface area contributed by atoms with Crippen LogP contribution in [0.5, 0.6) is 0 Å². The Bertz CT molecular complexity index is 2150. The average Bonchev–Trinajstić information content (AvgIpc) is 4.21. The van der Waals surface area contributed by atoms with Gasteiger partial charge in [0.15, 0.2) is 0 Å². The summed E-state index contributed by atoms with van der Waals surface area (Å²) >= 11 is 0. The van der Waals surface area contributed by atoms with Crippen molar-refractivity contribution >= 4 is 80.8 Å². The second-order valence-electron chi connectivity index (χ2n) is 14.7. The van der Waals surface area contributed by atoms with Crippen molar-refractivity contribution in [1.82, 2.24) is 69.6 Å². The Morgan fingerprint density at radius 2 is 0.378 bits per heavy atom. The Morgan fingerprint density at radius 1 is 0.267 bits per heavy atom. The number of hydrogen-bond donors (Lipinski definition) is 6. The summed E-state index contributed by atoms with van der Waals surface area (Å²) in [6, 6.07) is 0. The number of aromatic amines is 6. The molecule has 0 saturated carbocycles. The van der Waals surface area contributed by atoms with Gasteiger partial charge in [-0.1, -0.05) is 0 Å². The van der Waals surface area contributed by atoms with Gasteiger partial charge in [-0.05, 0) is 0 Å². The molecule has 0 aromatic carbocycles. The summed E-state index contributed by atoms with van der Waals surface area (Å²) in [7, 11) is -36.0.